The van der Waals surface area contributed by atoms with Gasteiger partial charge in [-0.2, -0.15) is 5.26 Å². The summed E-state index contributed by atoms with van der Waals surface area (Å²) in [6.45, 7) is 8.81. The molecule has 1 aliphatic carbocycles. The van der Waals surface area contributed by atoms with Crippen LogP contribution in [0.3, 0.4) is 0 Å². The predicted octanol–water partition coefficient (Wildman–Crippen LogP) is 1.71. The number of carbonyl (C=O) groups excluding carboxylic acids is 1. The molecule has 0 aromatic rings. The molecule has 1 saturated carbocycles. The lowest BCUT2D eigenvalue weighted by atomic mass is 10.1. The van der Waals surface area contributed by atoms with Crippen molar-refractivity contribution in [1.29, 1.82) is 5.26 Å². The van der Waals surface area contributed by atoms with E-state index in [1.165, 1.54) is 0 Å². The first kappa shape index (κ1) is 10.8. The Labute approximate surface area is 85.0 Å². The van der Waals surface area contributed by atoms with Crippen molar-refractivity contribution in [3.63, 3.8) is 0 Å². The molecule has 0 N–H and O–H groups in total. The van der Waals surface area contributed by atoms with Crippen LogP contribution in [0.25, 0.3) is 0 Å². The Kier molecular flexibility index (Phi) is 2.95. The quantitative estimate of drug-likeness (QED) is 0.636. The Morgan fingerprint density at radius 2 is 2.21 bits per heavy atom. The average Bonchev–Trinajstić information content (AvgIpc) is 2.93. The van der Waals surface area contributed by atoms with Crippen molar-refractivity contribution in [2.24, 2.45) is 5.41 Å². The van der Waals surface area contributed by atoms with Gasteiger partial charge in [-0.1, -0.05) is 12.2 Å². The molecule has 1 aliphatic rings. The van der Waals surface area contributed by atoms with Gasteiger partial charge in [0.25, 0.3) is 0 Å². The molecule has 0 aliphatic heterocycles. The third kappa shape index (κ3) is 1.95. The second-order valence-electron chi connectivity index (χ2n) is 3.97. The lowest BCUT2D eigenvalue weighted by molar-refractivity contribution is -0.134. The highest BCUT2D eigenvalue weighted by Gasteiger charge is 2.52. The van der Waals surface area contributed by atoms with Gasteiger partial charge in [0.15, 0.2) is 0 Å². The lowest BCUT2D eigenvalue weighted by Gasteiger charge is -2.23. The van der Waals surface area contributed by atoms with Gasteiger partial charge in [-0.25, -0.2) is 0 Å². The fraction of sp³-hybridized carbons (Fsp3) is 0.636. The first-order valence-corrected chi connectivity index (χ1v) is 4.91. The minimum Gasteiger partial charge on any atom is -0.338 e. The maximum atomic E-state index is 11.9. The second kappa shape index (κ2) is 3.83. The fourth-order valence-electron chi connectivity index (χ4n) is 1.45. The highest BCUT2D eigenvalue weighted by atomic mass is 16.2. The molecular weight excluding hydrogens is 176 g/mol. The van der Waals surface area contributed by atoms with Crippen LogP contribution in [0, 0.1) is 16.7 Å². The number of nitriles is 1. The summed E-state index contributed by atoms with van der Waals surface area (Å²) in [6, 6.07) is 2.12. The number of amides is 1. The zero-order valence-corrected chi connectivity index (χ0v) is 8.84. The van der Waals surface area contributed by atoms with E-state index in [1.807, 2.05) is 13.8 Å². The Morgan fingerprint density at radius 1 is 1.64 bits per heavy atom. The van der Waals surface area contributed by atoms with Gasteiger partial charge in [0.2, 0.25) is 5.91 Å². The monoisotopic (exact) mass is 192 g/mol. The average molecular weight is 192 g/mol. The minimum absolute atomic E-state index is 0.0227. The van der Waals surface area contributed by atoms with Gasteiger partial charge in [0, 0.05) is 13.1 Å². The number of rotatable bonds is 4. The molecule has 0 aromatic heterocycles. The van der Waals surface area contributed by atoms with E-state index in [0.29, 0.717) is 13.1 Å². The van der Waals surface area contributed by atoms with Gasteiger partial charge >= 0.3 is 0 Å². The van der Waals surface area contributed by atoms with Crippen molar-refractivity contribution >= 4 is 5.91 Å². The van der Waals surface area contributed by atoms with Crippen molar-refractivity contribution in [1.82, 2.24) is 4.90 Å². The lowest BCUT2D eigenvalue weighted by Crippen LogP contribution is -2.37. The van der Waals surface area contributed by atoms with Crippen LogP contribution in [-0.2, 0) is 4.79 Å². The molecular formula is C11H16N2O. The minimum atomic E-state index is -0.689. The van der Waals surface area contributed by atoms with Crippen molar-refractivity contribution in [3.8, 4) is 6.07 Å². The number of carbonyl (C=O) groups is 1. The van der Waals surface area contributed by atoms with Crippen molar-refractivity contribution < 1.29 is 4.79 Å². The number of nitrogens with zero attached hydrogens (tertiary/aromatic N) is 2. The highest BCUT2D eigenvalue weighted by molar-refractivity contribution is 5.88. The molecule has 0 heterocycles. The van der Waals surface area contributed by atoms with Crippen LogP contribution in [0.15, 0.2) is 12.2 Å². The summed E-state index contributed by atoms with van der Waals surface area (Å²) in [7, 11) is 0. The van der Waals surface area contributed by atoms with Crippen LogP contribution in [0.1, 0.15) is 26.7 Å². The largest absolute Gasteiger partial charge is 0.338 e. The Morgan fingerprint density at radius 3 is 2.50 bits per heavy atom. The van der Waals surface area contributed by atoms with Crippen LogP contribution in [0.5, 0.6) is 0 Å². The molecule has 1 fully saturated rings. The fourth-order valence-corrected chi connectivity index (χ4v) is 1.45. The van der Waals surface area contributed by atoms with Crippen LogP contribution < -0.4 is 0 Å². The smallest absolute Gasteiger partial charge is 0.243 e. The zero-order valence-electron chi connectivity index (χ0n) is 8.84. The Balaban J connectivity index is 2.67. The predicted molar refractivity (Wildman–Crippen MR) is 54.3 cm³/mol. The van der Waals surface area contributed by atoms with E-state index < -0.39 is 5.41 Å². The molecule has 0 aromatic carbocycles. The summed E-state index contributed by atoms with van der Waals surface area (Å²) < 4.78 is 0. The van der Waals surface area contributed by atoms with Crippen molar-refractivity contribution in [3.05, 3.63) is 12.2 Å². The molecule has 0 atom stereocenters. The van der Waals surface area contributed by atoms with Crippen LogP contribution in [0.2, 0.25) is 0 Å². The molecule has 0 saturated heterocycles. The summed E-state index contributed by atoms with van der Waals surface area (Å²) in [4.78, 5) is 13.6. The molecule has 76 valence electrons. The second-order valence-corrected chi connectivity index (χ2v) is 3.97. The Hall–Kier alpha value is -1.30. The SMILES string of the molecule is C=C(C)CN(CC)C(=O)C1(C#N)CC1. The molecule has 0 spiro atoms. The van der Waals surface area contributed by atoms with E-state index in [9.17, 15) is 4.79 Å². The van der Waals surface area contributed by atoms with E-state index in [-0.39, 0.29) is 5.91 Å². The van der Waals surface area contributed by atoms with Gasteiger partial charge in [0.05, 0.1) is 6.07 Å². The summed E-state index contributed by atoms with van der Waals surface area (Å²) >= 11 is 0. The molecule has 0 unspecified atom stereocenters. The molecule has 1 amide bonds. The number of likely N-dealkylation sites (N-methyl/N-ethyl adjacent to an activating group) is 1. The van der Waals surface area contributed by atoms with Gasteiger partial charge in [-0.3, -0.25) is 4.79 Å². The summed E-state index contributed by atoms with van der Waals surface area (Å²) in [5.74, 6) is -0.0227. The summed E-state index contributed by atoms with van der Waals surface area (Å²) in [5, 5.41) is 8.89. The maximum absolute atomic E-state index is 11.9. The summed E-state index contributed by atoms with van der Waals surface area (Å²) in [6.07, 6.45) is 1.43. The number of hydrogen-bond donors (Lipinski definition) is 0. The van der Waals surface area contributed by atoms with E-state index in [1.54, 1.807) is 4.90 Å². The maximum Gasteiger partial charge on any atom is 0.243 e. The van der Waals surface area contributed by atoms with E-state index in [0.717, 1.165) is 18.4 Å². The molecule has 14 heavy (non-hydrogen) atoms. The third-order valence-corrected chi connectivity index (χ3v) is 2.50. The van der Waals surface area contributed by atoms with E-state index in [2.05, 4.69) is 12.6 Å². The van der Waals surface area contributed by atoms with Crippen LogP contribution in [-0.4, -0.2) is 23.9 Å². The van der Waals surface area contributed by atoms with E-state index in [4.69, 9.17) is 5.26 Å². The summed E-state index contributed by atoms with van der Waals surface area (Å²) in [5.41, 5.74) is 0.264. The standard InChI is InChI=1S/C11H16N2O/c1-4-13(7-9(2)3)10(14)11(8-12)5-6-11/h2,4-7H2,1,3H3. The van der Waals surface area contributed by atoms with Gasteiger partial charge < -0.3 is 4.90 Å². The Bertz CT molecular complexity index is 297. The highest BCUT2D eigenvalue weighted by Crippen LogP contribution is 2.46. The van der Waals surface area contributed by atoms with Gasteiger partial charge in [0.1, 0.15) is 5.41 Å². The first-order chi connectivity index (χ1) is 6.55. The molecule has 3 heteroatoms. The zero-order chi connectivity index (χ0) is 10.8. The van der Waals surface area contributed by atoms with Gasteiger partial charge in [-0.15, -0.1) is 0 Å². The van der Waals surface area contributed by atoms with Gasteiger partial charge in [-0.05, 0) is 26.7 Å². The third-order valence-electron chi connectivity index (χ3n) is 2.50. The molecule has 0 radical (unpaired) electrons. The van der Waals surface area contributed by atoms with Crippen molar-refractivity contribution in [2.75, 3.05) is 13.1 Å². The van der Waals surface area contributed by atoms with E-state index >= 15 is 0 Å². The molecule has 3 nitrogen and oxygen atoms in total. The van der Waals surface area contributed by atoms with Crippen molar-refractivity contribution in [2.45, 2.75) is 26.7 Å². The van der Waals surface area contributed by atoms with Crippen LogP contribution >= 0.6 is 0 Å². The molecule has 1 rings (SSSR count). The van der Waals surface area contributed by atoms with Crippen LogP contribution in [0.4, 0.5) is 0 Å². The number of hydrogen-bond acceptors (Lipinski definition) is 2. The first-order valence-electron chi connectivity index (χ1n) is 4.91. The topological polar surface area (TPSA) is 44.1 Å². The molecule has 0 bridgehead atoms. The normalized spacial score (nSPS) is 16.9.